The van der Waals surface area contributed by atoms with Gasteiger partial charge in [0.2, 0.25) is 0 Å². The third-order valence-electron chi connectivity index (χ3n) is 10.7. The van der Waals surface area contributed by atoms with E-state index in [1.165, 1.54) is 34.7 Å². The van der Waals surface area contributed by atoms with Crippen molar-refractivity contribution in [1.82, 2.24) is 23.9 Å². The lowest BCUT2D eigenvalue weighted by atomic mass is 9.92. The smallest absolute Gasteiger partial charge is 0.264 e. The van der Waals surface area contributed by atoms with Crippen LogP contribution >= 0.6 is 0 Å². The number of hydrogen-bond acceptors (Lipinski definition) is 5. The van der Waals surface area contributed by atoms with E-state index in [9.17, 15) is 14.0 Å². The number of aromatic nitrogens is 3. The van der Waals surface area contributed by atoms with E-state index in [1.807, 2.05) is 58.5 Å². The van der Waals surface area contributed by atoms with Crippen LogP contribution in [0.15, 0.2) is 97.3 Å². The third kappa shape index (κ3) is 6.51. The Labute approximate surface area is 306 Å². The Morgan fingerprint density at radius 1 is 0.868 bits per heavy atom. The number of amides is 2. The van der Waals surface area contributed by atoms with Gasteiger partial charge in [0.15, 0.2) is 0 Å². The molecule has 1 atom stereocenters. The number of rotatable bonds is 7. The molecule has 0 radical (unpaired) electrons. The minimum atomic E-state index is -0.493. The minimum Gasteiger partial charge on any atom is -0.379 e. The Morgan fingerprint density at radius 2 is 1.60 bits per heavy atom. The van der Waals surface area contributed by atoms with Gasteiger partial charge in [0.05, 0.1) is 30.7 Å². The number of benzene rings is 3. The number of carbonyl (C=O) groups is 2. The molecule has 1 saturated heterocycles. The maximum absolute atomic E-state index is 15.2. The molecular weight excluding hydrogens is 674 g/mol. The van der Waals surface area contributed by atoms with Crippen LogP contribution in [0.5, 0.6) is 0 Å². The molecule has 3 aromatic carbocycles. The minimum absolute atomic E-state index is 0.0967. The molecule has 2 aliphatic rings. The summed E-state index contributed by atoms with van der Waals surface area (Å²) >= 11 is 0. The second-order valence-electron chi connectivity index (χ2n) is 13.9. The number of morpholine rings is 1. The molecule has 3 aromatic heterocycles. The highest BCUT2D eigenvalue weighted by Gasteiger charge is 2.34. The van der Waals surface area contributed by atoms with Crippen molar-refractivity contribution in [2.75, 3.05) is 37.7 Å². The highest BCUT2D eigenvalue weighted by molar-refractivity contribution is 6.13. The number of fused-ring (bicyclic) bond motifs is 2. The number of pyridine rings is 1. The maximum Gasteiger partial charge on any atom is 0.264 e. The van der Waals surface area contributed by atoms with Gasteiger partial charge < -0.3 is 18.8 Å². The van der Waals surface area contributed by atoms with Crippen molar-refractivity contribution in [3.05, 3.63) is 137 Å². The summed E-state index contributed by atoms with van der Waals surface area (Å²) in [5, 5.41) is 0.838. The molecule has 6 aromatic rings. The molecule has 0 saturated carbocycles. The summed E-state index contributed by atoms with van der Waals surface area (Å²) < 4.78 is 38.6. The molecule has 8 rings (SSSR count). The molecule has 1 fully saturated rings. The summed E-state index contributed by atoms with van der Waals surface area (Å²) in [7, 11) is 3.70. The van der Waals surface area contributed by atoms with Crippen molar-refractivity contribution >= 4 is 34.2 Å². The molecule has 5 heterocycles. The topological polar surface area (TPSA) is 75.8 Å². The zero-order valence-electron chi connectivity index (χ0n) is 29.9. The Bertz CT molecular complexity index is 2340. The van der Waals surface area contributed by atoms with Gasteiger partial charge in [0.25, 0.3) is 11.8 Å². The van der Waals surface area contributed by atoms with E-state index in [0.29, 0.717) is 72.2 Å². The lowest BCUT2D eigenvalue weighted by molar-refractivity contribution is 0.0193. The van der Waals surface area contributed by atoms with E-state index in [0.717, 1.165) is 29.7 Å². The number of aryl methyl sites for hydroxylation is 1. The summed E-state index contributed by atoms with van der Waals surface area (Å²) in [4.78, 5) is 39.8. The van der Waals surface area contributed by atoms with Crippen LogP contribution in [-0.4, -0.2) is 74.6 Å². The first-order valence-corrected chi connectivity index (χ1v) is 17.8. The lowest BCUT2D eigenvalue weighted by Gasteiger charge is -2.40. The van der Waals surface area contributed by atoms with Crippen LogP contribution in [0.25, 0.3) is 22.3 Å². The quantitative estimate of drug-likeness (QED) is 0.177. The number of anilines is 2. The lowest BCUT2D eigenvalue weighted by Crippen LogP contribution is -2.52. The fourth-order valence-corrected chi connectivity index (χ4v) is 7.67. The first-order valence-electron chi connectivity index (χ1n) is 17.8. The Kier molecular flexibility index (Phi) is 9.13. The molecule has 0 spiro atoms. The molecule has 0 aliphatic carbocycles. The van der Waals surface area contributed by atoms with Crippen LogP contribution in [0.1, 0.15) is 37.5 Å². The molecule has 2 aliphatic heterocycles. The standard InChI is InChI=1S/C42H40F2N6O3/c1-27-37(42(52)50(33-11-8-31(43)9-12-33)34-21-29-14-15-46(2)40(29)45-24-34)23-39(47(27)3)38-22-32(44)10-13-36(38)41(51)49-25-30-7-5-4-6-28(30)20-35(49)26-48-16-18-53-19-17-48/h4-15,21-24,35H,16-20,25-26H2,1-3H3/t35-/m0/s1. The first kappa shape index (κ1) is 34.4. The van der Waals surface area contributed by atoms with Crippen molar-refractivity contribution < 1.29 is 23.1 Å². The molecule has 11 heteroatoms. The largest absolute Gasteiger partial charge is 0.379 e. The van der Waals surface area contributed by atoms with E-state index in [4.69, 9.17) is 4.74 Å². The van der Waals surface area contributed by atoms with Gasteiger partial charge in [-0.3, -0.25) is 19.4 Å². The van der Waals surface area contributed by atoms with E-state index in [-0.39, 0.29) is 17.9 Å². The number of carbonyl (C=O) groups excluding carboxylic acids is 2. The molecule has 2 amide bonds. The summed E-state index contributed by atoms with van der Waals surface area (Å²) in [6, 6.07) is 23.6. The number of ether oxygens (including phenoxy) is 1. The second-order valence-corrected chi connectivity index (χ2v) is 13.9. The van der Waals surface area contributed by atoms with Gasteiger partial charge in [-0.2, -0.15) is 0 Å². The van der Waals surface area contributed by atoms with Crippen LogP contribution in [0, 0.1) is 18.6 Å². The van der Waals surface area contributed by atoms with Crippen molar-refractivity contribution in [1.29, 1.82) is 0 Å². The fourth-order valence-electron chi connectivity index (χ4n) is 7.67. The number of nitrogens with zero attached hydrogens (tertiary/aromatic N) is 6. The zero-order chi connectivity index (χ0) is 36.8. The summed E-state index contributed by atoms with van der Waals surface area (Å²) in [6.45, 7) is 5.86. The normalized spacial score (nSPS) is 16.2. The molecule has 270 valence electrons. The van der Waals surface area contributed by atoms with Crippen molar-refractivity contribution in [3.8, 4) is 11.3 Å². The van der Waals surface area contributed by atoms with Crippen molar-refractivity contribution in [2.24, 2.45) is 14.1 Å². The average molecular weight is 715 g/mol. The SMILES string of the molecule is Cc1c(C(=O)N(c2ccc(F)cc2)c2cnc3c(ccn3C)c2)cc(-c2cc(F)ccc2C(=O)N2Cc3ccccc3C[C@H]2CN2CCOCC2)n1C. The van der Waals surface area contributed by atoms with E-state index >= 15 is 4.39 Å². The summed E-state index contributed by atoms with van der Waals surface area (Å²) in [6.07, 6.45) is 4.22. The molecular formula is C42H40F2N6O3. The van der Waals surface area contributed by atoms with Crippen LogP contribution in [0.3, 0.4) is 0 Å². The third-order valence-corrected chi connectivity index (χ3v) is 10.7. The van der Waals surface area contributed by atoms with Crippen LogP contribution < -0.4 is 4.90 Å². The van der Waals surface area contributed by atoms with Gasteiger partial charge in [0.1, 0.15) is 17.3 Å². The van der Waals surface area contributed by atoms with E-state index in [2.05, 4.69) is 22.0 Å². The second kappa shape index (κ2) is 14.1. The Balaban J connectivity index is 1.18. The predicted molar refractivity (Wildman–Crippen MR) is 200 cm³/mol. The average Bonchev–Trinajstić information content (AvgIpc) is 3.69. The van der Waals surface area contributed by atoms with Gasteiger partial charge in [-0.15, -0.1) is 0 Å². The predicted octanol–water partition coefficient (Wildman–Crippen LogP) is 7.04. The number of hydrogen-bond donors (Lipinski definition) is 0. The fraction of sp³-hybridized carbons (Fsp3) is 0.262. The van der Waals surface area contributed by atoms with Crippen LogP contribution in [0.2, 0.25) is 0 Å². The molecule has 53 heavy (non-hydrogen) atoms. The van der Waals surface area contributed by atoms with Gasteiger partial charge >= 0.3 is 0 Å². The highest BCUT2D eigenvalue weighted by Crippen LogP contribution is 2.35. The molecule has 0 unspecified atom stereocenters. The monoisotopic (exact) mass is 714 g/mol. The van der Waals surface area contributed by atoms with Gasteiger partial charge in [-0.1, -0.05) is 24.3 Å². The van der Waals surface area contributed by atoms with Crippen molar-refractivity contribution in [2.45, 2.75) is 25.9 Å². The molecule has 0 bridgehead atoms. The van der Waals surface area contributed by atoms with E-state index in [1.54, 1.807) is 37.5 Å². The molecule has 9 nitrogen and oxygen atoms in total. The molecule has 0 N–H and O–H groups in total. The van der Waals surface area contributed by atoms with E-state index < -0.39 is 11.6 Å². The Morgan fingerprint density at radius 3 is 2.38 bits per heavy atom. The first-order chi connectivity index (χ1) is 25.7. The van der Waals surface area contributed by atoms with Crippen molar-refractivity contribution in [3.63, 3.8) is 0 Å². The Hall–Kier alpha value is -5.65. The summed E-state index contributed by atoms with van der Waals surface area (Å²) in [5.74, 6) is -1.50. The maximum atomic E-state index is 15.2. The van der Waals surface area contributed by atoms with Crippen LogP contribution in [0.4, 0.5) is 20.2 Å². The highest BCUT2D eigenvalue weighted by atomic mass is 19.1. The summed E-state index contributed by atoms with van der Waals surface area (Å²) in [5.41, 5.74) is 6.26. The van der Waals surface area contributed by atoms with Gasteiger partial charge in [0, 0.05) is 86.1 Å². The van der Waals surface area contributed by atoms with Crippen LogP contribution in [-0.2, 0) is 31.8 Å². The number of halogens is 2. The zero-order valence-corrected chi connectivity index (χ0v) is 29.9. The van der Waals surface area contributed by atoms with Gasteiger partial charge in [-0.25, -0.2) is 13.8 Å². The van der Waals surface area contributed by atoms with Gasteiger partial charge in [-0.05, 0) is 85.1 Å².